The summed E-state index contributed by atoms with van der Waals surface area (Å²) in [5, 5.41) is 0. The molecule has 1 unspecified atom stereocenters. The highest BCUT2D eigenvalue weighted by Crippen LogP contribution is 2.10. The first-order valence-corrected chi connectivity index (χ1v) is 6.25. The Morgan fingerprint density at radius 3 is 2.54 bits per heavy atom. The van der Waals surface area contributed by atoms with Gasteiger partial charge in [0.05, 0.1) is 6.10 Å². The van der Waals surface area contributed by atoms with Crippen molar-refractivity contribution in [2.75, 3.05) is 24.7 Å². The van der Waals surface area contributed by atoms with E-state index in [1.807, 2.05) is 18.7 Å². The maximum absolute atomic E-state index is 5.56. The zero-order valence-electron chi connectivity index (χ0n) is 9.08. The molecule has 0 aliphatic rings. The summed E-state index contributed by atoms with van der Waals surface area (Å²) in [6.07, 6.45) is 1.54. The van der Waals surface area contributed by atoms with Crippen LogP contribution in [0.3, 0.4) is 0 Å². The summed E-state index contributed by atoms with van der Waals surface area (Å²) >= 11 is 1.95. The van der Waals surface area contributed by atoms with Crippen LogP contribution in [-0.2, 0) is 4.74 Å². The quantitative estimate of drug-likeness (QED) is 0.617. The van der Waals surface area contributed by atoms with Crippen LogP contribution in [0.15, 0.2) is 0 Å². The SMILES string of the molecule is CCOC(CN)CSCCC(C)C. The third-order valence-corrected chi connectivity index (χ3v) is 2.94. The number of hydrogen-bond donors (Lipinski definition) is 1. The van der Waals surface area contributed by atoms with E-state index >= 15 is 0 Å². The number of ether oxygens (including phenoxy) is 1. The Kier molecular flexibility index (Phi) is 9.03. The number of hydrogen-bond acceptors (Lipinski definition) is 3. The van der Waals surface area contributed by atoms with E-state index in [4.69, 9.17) is 10.5 Å². The molecule has 0 saturated carbocycles. The van der Waals surface area contributed by atoms with E-state index in [2.05, 4.69) is 13.8 Å². The summed E-state index contributed by atoms with van der Waals surface area (Å²) in [6.45, 7) is 7.93. The summed E-state index contributed by atoms with van der Waals surface area (Å²) < 4.78 is 5.45. The Balaban J connectivity index is 3.27. The first-order chi connectivity index (χ1) is 6.20. The van der Waals surface area contributed by atoms with E-state index < -0.39 is 0 Å². The number of thioether (sulfide) groups is 1. The summed E-state index contributed by atoms with van der Waals surface area (Å²) in [6, 6.07) is 0. The normalized spacial score (nSPS) is 13.6. The molecule has 0 aliphatic heterocycles. The molecule has 0 spiro atoms. The van der Waals surface area contributed by atoms with Gasteiger partial charge in [-0.2, -0.15) is 11.8 Å². The van der Waals surface area contributed by atoms with E-state index in [1.165, 1.54) is 12.2 Å². The molecule has 2 nitrogen and oxygen atoms in total. The van der Waals surface area contributed by atoms with E-state index in [0.717, 1.165) is 18.3 Å². The van der Waals surface area contributed by atoms with Gasteiger partial charge in [-0.3, -0.25) is 0 Å². The molecule has 3 heteroatoms. The Morgan fingerprint density at radius 2 is 2.08 bits per heavy atom. The minimum absolute atomic E-state index is 0.252. The van der Waals surface area contributed by atoms with Gasteiger partial charge >= 0.3 is 0 Å². The molecule has 0 bridgehead atoms. The predicted octanol–water partition coefficient (Wildman–Crippen LogP) is 2.13. The van der Waals surface area contributed by atoms with Gasteiger partial charge in [0.1, 0.15) is 0 Å². The largest absolute Gasteiger partial charge is 0.376 e. The van der Waals surface area contributed by atoms with Gasteiger partial charge in [-0.15, -0.1) is 0 Å². The van der Waals surface area contributed by atoms with Crippen molar-refractivity contribution in [1.82, 2.24) is 0 Å². The third-order valence-electron chi connectivity index (χ3n) is 1.81. The first kappa shape index (κ1) is 13.3. The van der Waals surface area contributed by atoms with Crippen LogP contribution < -0.4 is 5.73 Å². The summed E-state index contributed by atoms with van der Waals surface area (Å²) in [5.41, 5.74) is 5.56. The van der Waals surface area contributed by atoms with Gasteiger partial charge in [-0.05, 0) is 25.0 Å². The number of rotatable bonds is 8. The van der Waals surface area contributed by atoms with Crippen molar-refractivity contribution >= 4 is 11.8 Å². The highest BCUT2D eigenvalue weighted by atomic mass is 32.2. The van der Waals surface area contributed by atoms with Crippen LogP contribution in [0, 0.1) is 5.92 Å². The average molecular weight is 205 g/mol. The van der Waals surface area contributed by atoms with Crippen LogP contribution in [0.5, 0.6) is 0 Å². The standard InChI is InChI=1S/C10H23NOS/c1-4-12-10(7-11)8-13-6-5-9(2)3/h9-10H,4-8,11H2,1-3H3. The van der Waals surface area contributed by atoms with Crippen LogP contribution in [0.2, 0.25) is 0 Å². The smallest absolute Gasteiger partial charge is 0.0787 e. The van der Waals surface area contributed by atoms with Gasteiger partial charge < -0.3 is 10.5 Å². The van der Waals surface area contributed by atoms with Gasteiger partial charge in [-0.1, -0.05) is 13.8 Å². The zero-order valence-corrected chi connectivity index (χ0v) is 9.90. The lowest BCUT2D eigenvalue weighted by molar-refractivity contribution is 0.0858. The van der Waals surface area contributed by atoms with Crippen molar-refractivity contribution in [3.8, 4) is 0 Å². The Labute approximate surface area is 86.6 Å². The fraction of sp³-hybridized carbons (Fsp3) is 1.00. The Bertz CT molecular complexity index is 109. The predicted molar refractivity (Wildman–Crippen MR) is 61.2 cm³/mol. The summed E-state index contributed by atoms with van der Waals surface area (Å²) in [4.78, 5) is 0. The summed E-state index contributed by atoms with van der Waals surface area (Å²) in [7, 11) is 0. The fourth-order valence-corrected chi connectivity index (χ4v) is 2.25. The molecule has 0 aromatic carbocycles. The van der Waals surface area contributed by atoms with Crippen LogP contribution in [0.4, 0.5) is 0 Å². The van der Waals surface area contributed by atoms with Crippen molar-refractivity contribution in [2.24, 2.45) is 11.7 Å². The molecule has 0 radical (unpaired) electrons. The molecule has 0 aliphatic carbocycles. The lowest BCUT2D eigenvalue weighted by Gasteiger charge is -2.14. The van der Waals surface area contributed by atoms with Gasteiger partial charge in [-0.25, -0.2) is 0 Å². The molecule has 1 atom stereocenters. The molecule has 80 valence electrons. The second kappa shape index (κ2) is 8.85. The zero-order chi connectivity index (χ0) is 10.1. The van der Waals surface area contributed by atoms with Crippen LogP contribution in [-0.4, -0.2) is 30.8 Å². The van der Waals surface area contributed by atoms with Gasteiger partial charge in [0, 0.05) is 18.9 Å². The summed E-state index contributed by atoms with van der Waals surface area (Å²) in [5.74, 6) is 3.06. The molecule has 0 aromatic heterocycles. The van der Waals surface area contributed by atoms with Crippen LogP contribution in [0.25, 0.3) is 0 Å². The van der Waals surface area contributed by atoms with Gasteiger partial charge in [0.2, 0.25) is 0 Å². The second-order valence-electron chi connectivity index (χ2n) is 3.57. The third kappa shape index (κ3) is 8.60. The van der Waals surface area contributed by atoms with Crippen molar-refractivity contribution in [3.05, 3.63) is 0 Å². The average Bonchev–Trinajstić information content (AvgIpc) is 2.10. The van der Waals surface area contributed by atoms with Crippen molar-refractivity contribution < 1.29 is 4.74 Å². The molecule has 0 heterocycles. The topological polar surface area (TPSA) is 35.2 Å². The van der Waals surface area contributed by atoms with E-state index in [-0.39, 0.29) is 6.10 Å². The molecule has 0 aromatic rings. The minimum atomic E-state index is 0.252. The molecule has 0 rings (SSSR count). The van der Waals surface area contributed by atoms with Gasteiger partial charge in [0.15, 0.2) is 0 Å². The monoisotopic (exact) mass is 205 g/mol. The molecule has 0 amide bonds. The lowest BCUT2D eigenvalue weighted by Crippen LogP contribution is -2.26. The number of nitrogens with two attached hydrogens (primary N) is 1. The van der Waals surface area contributed by atoms with Crippen LogP contribution in [0.1, 0.15) is 27.2 Å². The maximum Gasteiger partial charge on any atom is 0.0787 e. The van der Waals surface area contributed by atoms with Crippen molar-refractivity contribution in [3.63, 3.8) is 0 Å². The lowest BCUT2D eigenvalue weighted by atomic mass is 10.2. The molecular weight excluding hydrogens is 182 g/mol. The molecule has 0 fully saturated rings. The maximum atomic E-state index is 5.56. The highest BCUT2D eigenvalue weighted by Gasteiger charge is 2.05. The van der Waals surface area contributed by atoms with E-state index in [1.54, 1.807) is 0 Å². The second-order valence-corrected chi connectivity index (χ2v) is 4.72. The molecule has 2 N–H and O–H groups in total. The van der Waals surface area contributed by atoms with Crippen molar-refractivity contribution in [1.29, 1.82) is 0 Å². The molecular formula is C10H23NOS. The van der Waals surface area contributed by atoms with Crippen molar-refractivity contribution in [2.45, 2.75) is 33.3 Å². The van der Waals surface area contributed by atoms with Gasteiger partial charge in [0.25, 0.3) is 0 Å². The molecule has 0 saturated heterocycles. The van der Waals surface area contributed by atoms with E-state index in [0.29, 0.717) is 6.54 Å². The first-order valence-electron chi connectivity index (χ1n) is 5.10. The van der Waals surface area contributed by atoms with E-state index in [9.17, 15) is 0 Å². The highest BCUT2D eigenvalue weighted by molar-refractivity contribution is 7.99. The Morgan fingerprint density at radius 1 is 1.38 bits per heavy atom. The fourth-order valence-electron chi connectivity index (χ4n) is 0.954. The minimum Gasteiger partial charge on any atom is -0.376 e. The molecule has 13 heavy (non-hydrogen) atoms. The Hall–Kier alpha value is 0.270. The van der Waals surface area contributed by atoms with Crippen LogP contribution >= 0.6 is 11.8 Å².